The maximum absolute atomic E-state index is 6.22. The summed E-state index contributed by atoms with van der Waals surface area (Å²) in [5.41, 5.74) is 2.91. The number of benzene rings is 2. The van der Waals surface area contributed by atoms with Gasteiger partial charge in [-0.1, -0.05) is 37.4 Å². The van der Waals surface area contributed by atoms with Crippen molar-refractivity contribution < 1.29 is 25.8 Å². The van der Waals surface area contributed by atoms with E-state index < -0.39 is 0 Å². The van der Waals surface area contributed by atoms with Crippen molar-refractivity contribution in [3.05, 3.63) is 104 Å². The molecule has 7 rings (SSSR count). The number of aromatic nitrogens is 3. The molecule has 2 aromatic heterocycles. The molecular weight excluding hydrogens is 629 g/mol. The molecule has 2 unspecified atom stereocenters. The van der Waals surface area contributed by atoms with E-state index in [9.17, 15) is 0 Å². The molecular formula is C29H25N5OPt. The van der Waals surface area contributed by atoms with Crippen LogP contribution < -0.4 is 14.5 Å². The van der Waals surface area contributed by atoms with Gasteiger partial charge in [0.05, 0.1) is 5.69 Å². The SMILES string of the molecule is [Pt+4].[c-]1c2cccc1N1[CH-]N(c3ncccc31)C1CCCCC1n1ccccn([cH-]1)-c1[c-]c(ccc1)O2. The first-order valence-corrected chi connectivity index (χ1v) is 12.2. The maximum atomic E-state index is 6.22. The van der Waals surface area contributed by atoms with Gasteiger partial charge >= 0.3 is 21.1 Å². The average Bonchev–Trinajstić information content (AvgIpc) is 3.11. The average molecular weight is 655 g/mol. The Kier molecular flexibility index (Phi) is 6.14. The minimum atomic E-state index is 0. The van der Waals surface area contributed by atoms with Gasteiger partial charge in [0.2, 0.25) is 0 Å². The van der Waals surface area contributed by atoms with Gasteiger partial charge in [0.1, 0.15) is 5.82 Å². The molecule has 4 heterocycles. The molecule has 182 valence electrons. The molecule has 3 aliphatic rings. The standard InChI is InChI=1S/C29H25N5O.Pt/c1-2-13-27-26(12-1)32-17-4-3-16-31(20-32)22-8-5-10-24(18-22)35-25-11-6-9-23(19-25)33-21-34(27)29-28(33)14-7-15-30-29;/h3-11,14-17,20-21,26-27H,1-2,12-13H2;/q-4;+4. The van der Waals surface area contributed by atoms with Crippen molar-refractivity contribution in [3.63, 3.8) is 0 Å². The van der Waals surface area contributed by atoms with E-state index in [1.807, 2.05) is 36.5 Å². The monoisotopic (exact) mass is 654 g/mol. The first-order chi connectivity index (χ1) is 17.3. The Labute approximate surface area is 225 Å². The summed E-state index contributed by atoms with van der Waals surface area (Å²) in [6, 6.07) is 27.8. The van der Waals surface area contributed by atoms with Crippen LogP contribution in [0.2, 0.25) is 0 Å². The topological polar surface area (TPSA) is 38.5 Å². The quantitative estimate of drug-likeness (QED) is 0.204. The van der Waals surface area contributed by atoms with Gasteiger partial charge in [0, 0.05) is 29.8 Å². The van der Waals surface area contributed by atoms with E-state index in [-0.39, 0.29) is 27.1 Å². The molecule has 1 fully saturated rings. The van der Waals surface area contributed by atoms with Crippen LogP contribution in [0.4, 0.5) is 17.2 Å². The Hall–Kier alpha value is -3.37. The number of nitrogens with zero attached hydrogens (tertiary/aromatic N) is 5. The third-order valence-electron chi connectivity index (χ3n) is 7.08. The second-order valence-corrected chi connectivity index (χ2v) is 9.21. The number of hydrogen-bond acceptors (Lipinski definition) is 4. The van der Waals surface area contributed by atoms with E-state index in [1.54, 1.807) is 0 Å². The molecule has 0 radical (unpaired) electrons. The number of pyridine rings is 1. The van der Waals surface area contributed by atoms with Gasteiger partial charge in [0.25, 0.3) is 0 Å². The molecule has 2 aliphatic heterocycles. The van der Waals surface area contributed by atoms with Gasteiger partial charge in [-0.05, 0) is 31.3 Å². The zero-order valence-electron chi connectivity index (χ0n) is 19.6. The van der Waals surface area contributed by atoms with Gasteiger partial charge in [-0.2, -0.15) is 24.3 Å². The molecule has 2 atom stereocenters. The van der Waals surface area contributed by atoms with E-state index >= 15 is 0 Å². The zero-order chi connectivity index (χ0) is 23.2. The number of rotatable bonds is 0. The zero-order valence-corrected chi connectivity index (χ0v) is 21.9. The van der Waals surface area contributed by atoms with Crippen LogP contribution in [0.25, 0.3) is 5.69 Å². The third kappa shape index (κ3) is 4.04. The van der Waals surface area contributed by atoms with Crippen LogP contribution in [-0.2, 0) is 21.1 Å². The molecule has 8 bridgehead atoms. The first-order valence-electron chi connectivity index (χ1n) is 12.2. The van der Waals surface area contributed by atoms with Crippen LogP contribution in [0.5, 0.6) is 11.5 Å². The van der Waals surface area contributed by atoms with Gasteiger partial charge < -0.3 is 23.7 Å². The van der Waals surface area contributed by atoms with Gasteiger partial charge in [-0.3, -0.25) is 0 Å². The minimum Gasteiger partial charge on any atom is -0.510 e. The normalized spacial score (nSPS) is 19.6. The van der Waals surface area contributed by atoms with Crippen LogP contribution in [0.15, 0.2) is 85.6 Å². The van der Waals surface area contributed by atoms with Crippen LogP contribution in [-0.4, -0.2) is 20.2 Å². The second kappa shape index (κ2) is 9.59. The number of hydrogen-bond donors (Lipinski definition) is 0. The Morgan fingerprint density at radius 3 is 2.44 bits per heavy atom. The molecule has 2 aromatic carbocycles. The van der Waals surface area contributed by atoms with E-state index in [1.165, 1.54) is 12.8 Å². The third-order valence-corrected chi connectivity index (χ3v) is 7.08. The smallest absolute Gasteiger partial charge is 0.510 e. The number of fused-ring (bicyclic) bond motifs is 16. The molecule has 7 heteroatoms. The van der Waals surface area contributed by atoms with Crippen molar-refractivity contribution in [1.29, 1.82) is 0 Å². The van der Waals surface area contributed by atoms with Crippen LogP contribution in [0, 0.1) is 18.8 Å². The van der Waals surface area contributed by atoms with Crippen molar-refractivity contribution in [1.82, 2.24) is 14.1 Å². The Bertz CT molecular complexity index is 1420. The first kappa shape index (κ1) is 23.1. The molecule has 0 saturated heterocycles. The van der Waals surface area contributed by atoms with Gasteiger partial charge in [-0.15, -0.1) is 42.3 Å². The van der Waals surface area contributed by atoms with Crippen molar-refractivity contribution in [2.45, 2.75) is 37.8 Å². The molecule has 1 aliphatic carbocycles. The predicted molar refractivity (Wildman–Crippen MR) is 136 cm³/mol. The van der Waals surface area contributed by atoms with E-state index in [2.05, 4.69) is 86.8 Å². The fourth-order valence-electron chi connectivity index (χ4n) is 5.47. The summed E-state index contributed by atoms with van der Waals surface area (Å²) in [5.74, 6) is 2.29. The molecule has 36 heavy (non-hydrogen) atoms. The Morgan fingerprint density at radius 1 is 0.833 bits per heavy atom. The maximum Gasteiger partial charge on any atom is 4.00 e. The van der Waals surface area contributed by atoms with Gasteiger partial charge in [0.15, 0.2) is 0 Å². The summed E-state index contributed by atoms with van der Waals surface area (Å²) in [6.45, 7) is 2.19. The fraction of sp³-hybridized carbons (Fsp3) is 0.207. The Balaban J connectivity index is 0.00000240. The van der Waals surface area contributed by atoms with Crippen LogP contribution in [0.3, 0.4) is 0 Å². The van der Waals surface area contributed by atoms with Crippen molar-refractivity contribution >= 4 is 17.2 Å². The number of ether oxygens (including phenoxy) is 1. The van der Waals surface area contributed by atoms with Crippen LogP contribution >= 0.6 is 0 Å². The summed E-state index contributed by atoms with van der Waals surface area (Å²) in [6.07, 6.45) is 12.9. The van der Waals surface area contributed by atoms with Crippen LogP contribution in [0.1, 0.15) is 31.7 Å². The summed E-state index contributed by atoms with van der Waals surface area (Å²) in [5, 5.41) is 0. The molecule has 4 aromatic rings. The van der Waals surface area contributed by atoms with E-state index in [0.29, 0.717) is 17.5 Å². The molecule has 0 N–H and O–H groups in total. The summed E-state index contributed by atoms with van der Waals surface area (Å²) >= 11 is 0. The van der Waals surface area contributed by atoms with Crippen molar-refractivity contribution in [3.8, 4) is 17.2 Å². The summed E-state index contributed by atoms with van der Waals surface area (Å²) < 4.78 is 10.7. The molecule has 0 amide bonds. The van der Waals surface area contributed by atoms with Crippen molar-refractivity contribution in [2.24, 2.45) is 0 Å². The van der Waals surface area contributed by atoms with Gasteiger partial charge in [-0.25, -0.2) is 4.98 Å². The van der Waals surface area contributed by atoms with Crippen molar-refractivity contribution in [2.75, 3.05) is 9.80 Å². The predicted octanol–water partition coefficient (Wildman–Crippen LogP) is 6.48. The summed E-state index contributed by atoms with van der Waals surface area (Å²) in [7, 11) is 0. The fourth-order valence-corrected chi connectivity index (χ4v) is 5.47. The largest absolute Gasteiger partial charge is 4.00 e. The molecule has 1 saturated carbocycles. The molecule has 0 spiro atoms. The van der Waals surface area contributed by atoms with E-state index in [0.717, 1.165) is 35.7 Å². The second-order valence-electron chi connectivity index (χ2n) is 9.21. The van der Waals surface area contributed by atoms with E-state index in [4.69, 9.17) is 9.72 Å². The number of anilines is 3. The Morgan fingerprint density at radius 2 is 1.58 bits per heavy atom. The summed E-state index contributed by atoms with van der Waals surface area (Å²) in [4.78, 5) is 9.38. The molecule has 6 nitrogen and oxygen atoms in total. The minimum absolute atomic E-state index is 0.